The predicted molar refractivity (Wildman–Crippen MR) is 120 cm³/mol. The summed E-state index contributed by atoms with van der Waals surface area (Å²) in [6, 6.07) is 20.7. The van der Waals surface area contributed by atoms with Crippen molar-refractivity contribution >= 4 is 29.8 Å². The Morgan fingerprint density at radius 1 is 0.968 bits per heavy atom. The Kier molecular flexibility index (Phi) is 7.16. The third-order valence-corrected chi connectivity index (χ3v) is 4.22. The summed E-state index contributed by atoms with van der Waals surface area (Å²) in [5.41, 5.74) is 4.88. The van der Waals surface area contributed by atoms with Crippen molar-refractivity contribution in [2.45, 2.75) is 0 Å². The number of benzene rings is 3. The van der Waals surface area contributed by atoms with Crippen molar-refractivity contribution in [3.8, 4) is 11.5 Å². The number of carbonyl (C=O) groups excluding carboxylic acids is 2. The summed E-state index contributed by atoms with van der Waals surface area (Å²) < 4.78 is 4.97. The molecule has 0 aliphatic heterocycles. The van der Waals surface area contributed by atoms with Gasteiger partial charge in [0.2, 0.25) is 5.91 Å². The quantitative estimate of drug-likeness (QED) is 0.310. The fraction of sp³-hybridized carbons (Fsp3) is 0.0417. The number of ether oxygens (including phenoxy) is 1. The molecule has 0 fully saturated rings. The van der Waals surface area contributed by atoms with Gasteiger partial charge < -0.3 is 15.2 Å². The van der Waals surface area contributed by atoms with Crippen LogP contribution in [0.25, 0.3) is 6.08 Å². The van der Waals surface area contributed by atoms with E-state index < -0.39 is 5.91 Å². The number of hydrogen-bond donors (Lipinski definition) is 3. The largest absolute Gasteiger partial charge is 0.504 e. The maximum absolute atomic E-state index is 12.2. The minimum absolute atomic E-state index is 0.0194. The van der Waals surface area contributed by atoms with E-state index in [-0.39, 0.29) is 11.7 Å². The number of methoxy groups -OCH3 is 1. The Morgan fingerprint density at radius 3 is 2.39 bits per heavy atom. The number of anilines is 1. The molecule has 156 valence electrons. The molecule has 0 radical (unpaired) electrons. The minimum Gasteiger partial charge on any atom is -0.504 e. The molecule has 0 aliphatic rings. The molecular weight excluding hydrogens is 394 g/mol. The average Bonchev–Trinajstić information content (AvgIpc) is 2.79. The first-order valence-corrected chi connectivity index (χ1v) is 9.40. The second-order valence-electron chi connectivity index (χ2n) is 6.44. The maximum Gasteiger partial charge on any atom is 0.271 e. The summed E-state index contributed by atoms with van der Waals surface area (Å²) in [6.45, 7) is 0. The van der Waals surface area contributed by atoms with Gasteiger partial charge in [0.25, 0.3) is 5.91 Å². The maximum atomic E-state index is 12.2. The van der Waals surface area contributed by atoms with Gasteiger partial charge in [-0.25, -0.2) is 5.43 Å². The number of phenolic OH excluding ortho intramolecular Hbond substituents is 1. The van der Waals surface area contributed by atoms with Crippen LogP contribution in [0.1, 0.15) is 21.5 Å². The molecular formula is C24H21N3O4. The van der Waals surface area contributed by atoms with Crippen molar-refractivity contribution < 1.29 is 19.4 Å². The molecule has 31 heavy (non-hydrogen) atoms. The fourth-order valence-electron chi connectivity index (χ4n) is 2.64. The van der Waals surface area contributed by atoms with Gasteiger partial charge in [0.15, 0.2) is 11.5 Å². The highest BCUT2D eigenvalue weighted by Crippen LogP contribution is 2.25. The van der Waals surface area contributed by atoms with E-state index >= 15 is 0 Å². The zero-order valence-electron chi connectivity index (χ0n) is 16.8. The number of aromatic hydroxyl groups is 1. The molecule has 7 heteroatoms. The lowest BCUT2D eigenvalue weighted by Gasteiger charge is -2.05. The monoisotopic (exact) mass is 415 g/mol. The molecule has 0 atom stereocenters. The van der Waals surface area contributed by atoms with E-state index in [0.717, 1.165) is 5.56 Å². The van der Waals surface area contributed by atoms with Gasteiger partial charge in [0.1, 0.15) is 0 Å². The lowest BCUT2D eigenvalue weighted by atomic mass is 10.2. The molecule has 3 rings (SSSR count). The van der Waals surface area contributed by atoms with Crippen LogP contribution in [0.15, 0.2) is 84.0 Å². The molecule has 0 heterocycles. The topological polar surface area (TPSA) is 100 Å². The highest BCUT2D eigenvalue weighted by atomic mass is 16.5. The molecule has 3 aromatic carbocycles. The number of hydrogen-bond acceptors (Lipinski definition) is 5. The number of phenols is 1. The molecule has 3 N–H and O–H groups in total. The van der Waals surface area contributed by atoms with Crippen LogP contribution in [0.3, 0.4) is 0 Å². The van der Waals surface area contributed by atoms with Crippen LogP contribution in [0.2, 0.25) is 0 Å². The van der Waals surface area contributed by atoms with Crippen molar-refractivity contribution in [3.05, 3.63) is 95.6 Å². The van der Waals surface area contributed by atoms with E-state index in [1.807, 2.05) is 30.3 Å². The van der Waals surface area contributed by atoms with Crippen molar-refractivity contribution in [2.24, 2.45) is 5.10 Å². The number of nitrogens with zero attached hydrogens (tertiary/aromatic N) is 1. The van der Waals surface area contributed by atoms with Gasteiger partial charge in [0, 0.05) is 17.3 Å². The first kappa shape index (κ1) is 21.3. The van der Waals surface area contributed by atoms with Crippen LogP contribution in [0.5, 0.6) is 11.5 Å². The Hall–Kier alpha value is -4.39. The summed E-state index contributed by atoms with van der Waals surface area (Å²) in [5, 5.41) is 16.4. The minimum atomic E-state index is -0.407. The van der Waals surface area contributed by atoms with Crippen molar-refractivity contribution in [1.82, 2.24) is 5.43 Å². The lowest BCUT2D eigenvalue weighted by Crippen LogP contribution is -2.17. The Bertz CT molecular complexity index is 1110. The van der Waals surface area contributed by atoms with Crippen LogP contribution >= 0.6 is 0 Å². The van der Waals surface area contributed by atoms with E-state index in [1.165, 1.54) is 25.5 Å². The second kappa shape index (κ2) is 10.4. The zero-order chi connectivity index (χ0) is 22.1. The molecule has 0 bridgehead atoms. The smallest absolute Gasteiger partial charge is 0.271 e. The van der Waals surface area contributed by atoms with Gasteiger partial charge in [-0.05, 0) is 59.7 Å². The van der Waals surface area contributed by atoms with E-state index in [4.69, 9.17) is 4.74 Å². The molecule has 0 aliphatic carbocycles. The average molecular weight is 415 g/mol. The number of carbonyl (C=O) groups is 2. The summed E-state index contributed by atoms with van der Waals surface area (Å²) in [6.07, 6.45) is 4.57. The number of amides is 2. The zero-order valence-corrected chi connectivity index (χ0v) is 16.8. The summed E-state index contributed by atoms with van der Waals surface area (Å²) in [4.78, 5) is 24.2. The highest BCUT2D eigenvalue weighted by molar-refractivity contribution is 6.02. The van der Waals surface area contributed by atoms with Gasteiger partial charge in [-0.1, -0.05) is 30.3 Å². The van der Waals surface area contributed by atoms with Gasteiger partial charge in [0.05, 0.1) is 13.3 Å². The van der Waals surface area contributed by atoms with E-state index in [2.05, 4.69) is 15.8 Å². The summed E-state index contributed by atoms with van der Waals surface area (Å²) in [7, 11) is 1.46. The SMILES string of the molecule is COc1ccc(/C=N\NC(=O)c2ccc(NC(=O)/C=C/c3ccccc3)cc2)cc1O. The van der Waals surface area contributed by atoms with Crippen LogP contribution in [-0.4, -0.2) is 30.2 Å². The van der Waals surface area contributed by atoms with E-state index in [0.29, 0.717) is 22.6 Å². The van der Waals surface area contributed by atoms with Gasteiger partial charge in [-0.15, -0.1) is 0 Å². The number of rotatable bonds is 7. The molecule has 0 aromatic heterocycles. The van der Waals surface area contributed by atoms with Crippen molar-refractivity contribution in [2.75, 3.05) is 12.4 Å². The first-order valence-electron chi connectivity index (χ1n) is 9.40. The first-order chi connectivity index (χ1) is 15.0. The third-order valence-electron chi connectivity index (χ3n) is 4.22. The Labute approximate surface area is 179 Å². The molecule has 7 nitrogen and oxygen atoms in total. The summed E-state index contributed by atoms with van der Waals surface area (Å²) >= 11 is 0. The number of hydrazone groups is 1. The normalized spacial score (nSPS) is 10.9. The number of nitrogens with one attached hydrogen (secondary N) is 2. The Balaban J connectivity index is 1.53. The second-order valence-corrected chi connectivity index (χ2v) is 6.44. The highest BCUT2D eigenvalue weighted by Gasteiger charge is 2.05. The van der Waals surface area contributed by atoms with Crippen molar-refractivity contribution in [1.29, 1.82) is 0 Å². The molecule has 2 amide bonds. The molecule has 0 saturated carbocycles. The van der Waals surface area contributed by atoms with Crippen molar-refractivity contribution in [3.63, 3.8) is 0 Å². The predicted octanol–water partition coefficient (Wildman–Crippen LogP) is 3.82. The third kappa shape index (κ3) is 6.30. The van der Waals surface area contributed by atoms with Crippen LogP contribution < -0.4 is 15.5 Å². The molecule has 0 unspecified atom stereocenters. The standard InChI is InChI=1S/C24H21N3O4/c1-31-22-13-7-18(15-21(22)28)16-25-27-24(30)19-9-11-20(12-10-19)26-23(29)14-8-17-5-3-2-4-6-17/h2-16,28H,1H3,(H,26,29)(H,27,30)/b14-8+,25-16-. The molecule has 0 spiro atoms. The van der Waals surface area contributed by atoms with Crippen LogP contribution in [0.4, 0.5) is 5.69 Å². The van der Waals surface area contributed by atoms with Crippen LogP contribution in [-0.2, 0) is 4.79 Å². The Morgan fingerprint density at radius 2 is 1.71 bits per heavy atom. The van der Waals surface area contributed by atoms with E-state index in [1.54, 1.807) is 42.5 Å². The van der Waals surface area contributed by atoms with Gasteiger partial charge in [-0.3, -0.25) is 9.59 Å². The van der Waals surface area contributed by atoms with Gasteiger partial charge in [-0.2, -0.15) is 5.10 Å². The summed E-state index contributed by atoms with van der Waals surface area (Å²) in [5.74, 6) is -0.345. The fourth-order valence-corrected chi connectivity index (χ4v) is 2.64. The van der Waals surface area contributed by atoms with E-state index in [9.17, 15) is 14.7 Å². The van der Waals surface area contributed by atoms with Crippen LogP contribution in [0, 0.1) is 0 Å². The molecule has 3 aromatic rings. The lowest BCUT2D eigenvalue weighted by molar-refractivity contribution is -0.111. The molecule has 0 saturated heterocycles. The van der Waals surface area contributed by atoms with Gasteiger partial charge >= 0.3 is 0 Å².